The minimum absolute atomic E-state index is 0.333. The second-order valence-electron chi connectivity index (χ2n) is 4.01. The molecule has 0 aliphatic rings. The molecule has 18 heavy (non-hydrogen) atoms. The third-order valence-electron chi connectivity index (χ3n) is 2.63. The molecule has 4 nitrogen and oxygen atoms in total. The summed E-state index contributed by atoms with van der Waals surface area (Å²) in [6.07, 6.45) is 1.45. The van der Waals surface area contributed by atoms with E-state index >= 15 is 0 Å². The van der Waals surface area contributed by atoms with Crippen LogP contribution in [0.1, 0.15) is 25.3 Å². The molecule has 5 heteroatoms. The number of benzene rings is 1. The van der Waals surface area contributed by atoms with Crippen molar-refractivity contribution in [2.24, 2.45) is 5.92 Å². The second kappa shape index (κ2) is 7.02. The van der Waals surface area contributed by atoms with E-state index in [4.69, 9.17) is 10.4 Å². The molecule has 0 amide bonds. The Labute approximate surface area is 115 Å². The summed E-state index contributed by atoms with van der Waals surface area (Å²) in [4.78, 5) is 11.0. The lowest BCUT2D eigenvalue weighted by molar-refractivity contribution is -0.141. The lowest BCUT2D eigenvalue weighted by Gasteiger charge is -2.14. The van der Waals surface area contributed by atoms with Crippen molar-refractivity contribution < 1.29 is 9.90 Å². The van der Waals surface area contributed by atoms with Crippen molar-refractivity contribution >= 4 is 27.6 Å². The highest BCUT2D eigenvalue weighted by Gasteiger charge is 2.16. The van der Waals surface area contributed by atoms with Crippen molar-refractivity contribution in [1.29, 1.82) is 5.26 Å². The molecule has 0 bridgehead atoms. The third kappa shape index (κ3) is 4.04. The number of nitrogens with one attached hydrogen (secondary N) is 1. The zero-order valence-corrected chi connectivity index (χ0v) is 11.7. The summed E-state index contributed by atoms with van der Waals surface area (Å²) in [5, 5.41) is 21.1. The topological polar surface area (TPSA) is 73.1 Å². The molecule has 0 saturated carbocycles. The van der Waals surface area contributed by atoms with E-state index in [1.807, 2.05) is 13.0 Å². The fourth-order valence-electron chi connectivity index (χ4n) is 1.66. The number of carboxylic acid groups (broad SMARTS) is 1. The highest BCUT2D eigenvalue weighted by Crippen LogP contribution is 2.21. The van der Waals surface area contributed by atoms with E-state index in [2.05, 4.69) is 27.3 Å². The Hall–Kier alpha value is -1.54. The van der Waals surface area contributed by atoms with Gasteiger partial charge in [0.1, 0.15) is 6.07 Å². The van der Waals surface area contributed by atoms with Crippen molar-refractivity contribution in [1.82, 2.24) is 0 Å². The molecule has 0 aliphatic carbocycles. The van der Waals surface area contributed by atoms with Gasteiger partial charge in [0.2, 0.25) is 0 Å². The molecule has 0 heterocycles. The van der Waals surface area contributed by atoms with E-state index < -0.39 is 11.9 Å². The van der Waals surface area contributed by atoms with Gasteiger partial charge in [0.05, 0.1) is 17.2 Å². The van der Waals surface area contributed by atoms with Gasteiger partial charge in [-0.15, -0.1) is 0 Å². The van der Waals surface area contributed by atoms with Crippen LogP contribution in [0.3, 0.4) is 0 Å². The Bertz CT molecular complexity index is 469. The van der Waals surface area contributed by atoms with Crippen LogP contribution in [0, 0.1) is 17.2 Å². The van der Waals surface area contributed by atoms with Crippen LogP contribution in [0.15, 0.2) is 22.7 Å². The van der Waals surface area contributed by atoms with Crippen LogP contribution < -0.4 is 5.32 Å². The molecule has 1 aromatic rings. The quantitative estimate of drug-likeness (QED) is 0.846. The number of nitriles is 1. The van der Waals surface area contributed by atoms with Gasteiger partial charge in [0, 0.05) is 11.0 Å². The average molecular weight is 311 g/mol. The maximum absolute atomic E-state index is 11.0. The second-order valence-corrected chi connectivity index (χ2v) is 4.92. The number of hydrogen-bond donors (Lipinski definition) is 2. The Morgan fingerprint density at radius 1 is 1.61 bits per heavy atom. The van der Waals surface area contributed by atoms with Gasteiger partial charge < -0.3 is 10.4 Å². The summed E-state index contributed by atoms with van der Waals surface area (Å²) in [5.41, 5.74) is 1.17. The first-order valence-corrected chi connectivity index (χ1v) is 6.54. The number of aliphatic carboxylic acids is 1. The number of halogens is 1. The molecule has 1 atom stereocenters. The molecule has 2 N–H and O–H groups in total. The van der Waals surface area contributed by atoms with Gasteiger partial charge in [0.25, 0.3) is 0 Å². The lowest BCUT2D eigenvalue weighted by Crippen LogP contribution is -2.23. The summed E-state index contributed by atoms with van der Waals surface area (Å²) in [6.45, 7) is 2.29. The molecule has 0 aliphatic heterocycles. The van der Waals surface area contributed by atoms with Gasteiger partial charge in [0.15, 0.2) is 0 Å². The van der Waals surface area contributed by atoms with E-state index in [0.717, 1.165) is 10.9 Å². The predicted octanol–water partition coefficient (Wildman–Crippen LogP) is 3.23. The van der Waals surface area contributed by atoms with Crippen molar-refractivity contribution in [3.05, 3.63) is 28.2 Å². The maximum atomic E-state index is 11.0. The molecule has 96 valence electrons. The minimum Gasteiger partial charge on any atom is -0.481 e. The van der Waals surface area contributed by atoms with Gasteiger partial charge >= 0.3 is 5.97 Å². The van der Waals surface area contributed by atoms with E-state index in [9.17, 15) is 4.79 Å². The van der Waals surface area contributed by atoms with Gasteiger partial charge in [-0.3, -0.25) is 4.79 Å². The van der Waals surface area contributed by atoms with Crippen LogP contribution in [-0.2, 0) is 4.79 Å². The molecule has 1 unspecified atom stereocenters. The van der Waals surface area contributed by atoms with Crippen LogP contribution >= 0.6 is 15.9 Å². The van der Waals surface area contributed by atoms with Gasteiger partial charge in [-0.05, 0) is 24.6 Å². The van der Waals surface area contributed by atoms with Crippen LogP contribution in [0.25, 0.3) is 0 Å². The summed E-state index contributed by atoms with van der Waals surface area (Å²) in [7, 11) is 0. The first-order chi connectivity index (χ1) is 8.58. The van der Waals surface area contributed by atoms with E-state index in [1.54, 1.807) is 12.1 Å². The molecular weight excluding hydrogens is 296 g/mol. The first-order valence-electron chi connectivity index (χ1n) is 5.74. The molecular formula is C13H15BrN2O2. The standard InChI is InChI=1S/C13H15BrN2O2/c1-2-3-9(13(17)18)8-16-12-5-4-11(14)6-10(12)7-15/h4-6,9,16H,2-3,8H2,1H3,(H,17,18). The zero-order valence-electron chi connectivity index (χ0n) is 10.1. The van der Waals surface area contributed by atoms with Crippen LogP contribution in [0.4, 0.5) is 5.69 Å². The Morgan fingerprint density at radius 2 is 2.33 bits per heavy atom. The number of rotatable bonds is 6. The molecule has 1 aromatic carbocycles. The smallest absolute Gasteiger partial charge is 0.308 e. The number of carbonyl (C=O) groups is 1. The SMILES string of the molecule is CCCC(CNc1ccc(Br)cc1C#N)C(=O)O. The third-order valence-corrected chi connectivity index (χ3v) is 3.12. The number of hydrogen-bond acceptors (Lipinski definition) is 3. The average Bonchev–Trinajstić information content (AvgIpc) is 2.35. The highest BCUT2D eigenvalue weighted by atomic mass is 79.9. The van der Waals surface area contributed by atoms with Gasteiger partial charge in [-0.2, -0.15) is 5.26 Å². The van der Waals surface area contributed by atoms with Crippen molar-refractivity contribution in [3.8, 4) is 6.07 Å². The molecule has 0 spiro atoms. The molecule has 0 saturated heterocycles. The fourth-order valence-corrected chi connectivity index (χ4v) is 2.02. The molecule has 0 aromatic heterocycles. The lowest BCUT2D eigenvalue weighted by atomic mass is 10.0. The number of nitrogens with zero attached hydrogens (tertiary/aromatic N) is 1. The molecule has 1 rings (SSSR count). The van der Waals surface area contributed by atoms with Crippen LogP contribution in [0.2, 0.25) is 0 Å². The van der Waals surface area contributed by atoms with Gasteiger partial charge in [-0.25, -0.2) is 0 Å². The summed E-state index contributed by atoms with van der Waals surface area (Å²) in [5.74, 6) is -1.23. The Balaban J connectivity index is 2.73. The van der Waals surface area contributed by atoms with Crippen molar-refractivity contribution in [3.63, 3.8) is 0 Å². The predicted molar refractivity (Wildman–Crippen MR) is 73.4 cm³/mol. The van der Waals surface area contributed by atoms with E-state index in [1.165, 1.54) is 0 Å². The normalized spacial score (nSPS) is 11.6. The first kappa shape index (κ1) is 14.5. The van der Waals surface area contributed by atoms with Crippen molar-refractivity contribution in [2.75, 3.05) is 11.9 Å². The fraction of sp³-hybridized carbons (Fsp3) is 0.385. The van der Waals surface area contributed by atoms with Crippen LogP contribution in [0.5, 0.6) is 0 Å². The summed E-state index contributed by atoms with van der Waals surface area (Å²) >= 11 is 3.29. The zero-order chi connectivity index (χ0) is 13.5. The summed E-state index contributed by atoms with van der Waals surface area (Å²) in [6, 6.07) is 7.38. The van der Waals surface area contributed by atoms with Crippen LogP contribution in [-0.4, -0.2) is 17.6 Å². The maximum Gasteiger partial charge on any atom is 0.308 e. The van der Waals surface area contributed by atoms with E-state index in [-0.39, 0.29) is 0 Å². The summed E-state index contributed by atoms with van der Waals surface area (Å²) < 4.78 is 0.827. The Kier molecular flexibility index (Phi) is 5.66. The number of anilines is 1. The minimum atomic E-state index is -0.806. The van der Waals surface area contributed by atoms with Gasteiger partial charge in [-0.1, -0.05) is 29.3 Å². The Morgan fingerprint density at radius 3 is 2.89 bits per heavy atom. The van der Waals surface area contributed by atoms with E-state index in [0.29, 0.717) is 24.2 Å². The monoisotopic (exact) mass is 310 g/mol. The molecule has 0 fully saturated rings. The number of carboxylic acids is 1. The largest absolute Gasteiger partial charge is 0.481 e. The highest BCUT2D eigenvalue weighted by molar-refractivity contribution is 9.10. The molecule has 0 radical (unpaired) electrons. The van der Waals surface area contributed by atoms with Crippen molar-refractivity contribution in [2.45, 2.75) is 19.8 Å².